The lowest BCUT2D eigenvalue weighted by molar-refractivity contribution is 0.161. The fraction of sp³-hybridized carbons (Fsp3) is 1.00. The van der Waals surface area contributed by atoms with E-state index in [0.717, 1.165) is 24.5 Å². The van der Waals surface area contributed by atoms with Crippen molar-refractivity contribution in [1.29, 1.82) is 0 Å². The van der Waals surface area contributed by atoms with Crippen LogP contribution in [0.3, 0.4) is 0 Å². The van der Waals surface area contributed by atoms with E-state index in [1.165, 1.54) is 83.6 Å². The number of rotatable bonds is 2. The van der Waals surface area contributed by atoms with Gasteiger partial charge in [-0.2, -0.15) is 0 Å². The lowest BCUT2D eigenvalue weighted by Crippen LogP contribution is -2.38. The predicted molar refractivity (Wildman–Crippen MR) is 87.9 cm³/mol. The summed E-state index contributed by atoms with van der Waals surface area (Å²) in [6.45, 7) is 4.57. The molecule has 2 unspecified atom stereocenters. The van der Waals surface area contributed by atoms with Gasteiger partial charge < -0.3 is 5.73 Å². The first-order chi connectivity index (χ1) is 9.81. The summed E-state index contributed by atoms with van der Waals surface area (Å²) < 4.78 is 0. The molecule has 118 valence electrons. The molecule has 2 atom stereocenters. The van der Waals surface area contributed by atoms with E-state index in [4.69, 9.17) is 5.73 Å². The molecule has 2 rings (SSSR count). The topological polar surface area (TPSA) is 29.3 Å². The Bertz CT molecular complexity index is 242. The van der Waals surface area contributed by atoms with E-state index in [1.807, 2.05) is 0 Å². The Morgan fingerprint density at radius 3 is 1.80 bits per heavy atom. The highest BCUT2D eigenvalue weighted by molar-refractivity contribution is 4.87. The zero-order valence-electron chi connectivity index (χ0n) is 13.7. The van der Waals surface area contributed by atoms with E-state index < -0.39 is 0 Å². The number of hydrogen-bond donors (Lipinski definition) is 1. The largest absolute Gasteiger partial charge is 0.330 e. The first-order valence-corrected chi connectivity index (χ1v) is 9.27. The van der Waals surface area contributed by atoms with Gasteiger partial charge in [-0.05, 0) is 38.6 Å². The van der Waals surface area contributed by atoms with E-state index in [1.54, 1.807) is 0 Å². The van der Waals surface area contributed by atoms with Crippen LogP contribution < -0.4 is 5.73 Å². The first kappa shape index (κ1) is 16.3. The molecule has 0 aromatic rings. The molecule has 2 aliphatic rings. The molecule has 2 fully saturated rings. The zero-order valence-corrected chi connectivity index (χ0v) is 13.7. The van der Waals surface area contributed by atoms with Gasteiger partial charge in [0.15, 0.2) is 0 Å². The van der Waals surface area contributed by atoms with Gasteiger partial charge in [-0.15, -0.1) is 0 Å². The van der Waals surface area contributed by atoms with Crippen molar-refractivity contribution in [3.63, 3.8) is 0 Å². The monoisotopic (exact) mass is 280 g/mol. The van der Waals surface area contributed by atoms with E-state index in [-0.39, 0.29) is 0 Å². The van der Waals surface area contributed by atoms with Crippen molar-refractivity contribution < 1.29 is 0 Å². The van der Waals surface area contributed by atoms with Crippen molar-refractivity contribution in [1.82, 2.24) is 4.90 Å². The van der Waals surface area contributed by atoms with Crippen molar-refractivity contribution in [2.45, 2.75) is 96.1 Å². The van der Waals surface area contributed by atoms with Crippen LogP contribution in [-0.4, -0.2) is 30.1 Å². The number of nitrogens with zero attached hydrogens (tertiary/aromatic N) is 1. The molecule has 0 bridgehead atoms. The molecule has 2 N–H and O–H groups in total. The Hall–Kier alpha value is -0.0800. The maximum Gasteiger partial charge on any atom is 0.00982 e. The SMILES string of the molecule is CC1CC(CN)CN1C1CCCCCCCCCCC1. The minimum absolute atomic E-state index is 0.756. The maximum atomic E-state index is 5.90. The van der Waals surface area contributed by atoms with Gasteiger partial charge >= 0.3 is 0 Å². The summed E-state index contributed by atoms with van der Waals surface area (Å²) in [4.78, 5) is 2.81. The van der Waals surface area contributed by atoms with Gasteiger partial charge in [0, 0.05) is 18.6 Å². The average Bonchev–Trinajstić information content (AvgIpc) is 2.81. The van der Waals surface area contributed by atoms with Gasteiger partial charge in [0.05, 0.1) is 0 Å². The van der Waals surface area contributed by atoms with Gasteiger partial charge in [0.1, 0.15) is 0 Å². The highest BCUT2D eigenvalue weighted by Crippen LogP contribution is 2.29. The van der Waals surface area contributed by atoms with Crippen LogP contribution in [0.1, 0.15) is 84.0 Å². The molecule has 1 aliphatic carbocycles. The van der Waals surface area contributed by atoms with Gasteiger partial charge in [0.25, 0.3) is 0 Å². The van der Waals surface area contributed by atoms with E-state index >= 15 is 0 Å². The normalized spacial score (nSPS) is 32.7. The van der Waals surface area contributed by atoms with Gasteiger partial charge in [-0.3, -0.25) is 4.90 Å². The van der Waals surface area contributed by atoms with E-state index in [0.29, 0.717) is 0 Å². The number of likely N-dealkylation sites (tertiary alicyclic amines) is 1. The Morgan fingerprint density at radius 2 is 1.35 bits per heavy atom. The number of hydrogen-bond acceptors (Lipinski definition) is 2. The zero-order chi connectivity index (χ0) is 14.2. The maximum absolute atomic E-state index is 5.90. The molecule has 1 heterocycles. The fourth-order valence-corrected chi connectivity index (χ4v) is 4.32. The lowest BCUT2D eigenvalue weighted by Gasteiger charge is -2.32. The van der Waals surface area contributed by atoms with Crippen molar-refractivity contribution >= 4 is 0 Å². The fourth-order valence-electron chi connectivity index (χ4n) is 4.32. The van der Waals surface area contributed by atoms with Crippen molar-refractivity contribution in [2.24, 2.45) is 11.7 Å². The summed E-state index contributed by atoms with van der Waals surface area (Å²) in [7, 11) is 0. The summed E-state index contributed by atoms with van der Waals surface area (Å²) in [5.41, 5.74) is 5.90. The first-order valence-electron chi connectivity index (χ1n) is 9.27. The second-order valence-electron chi connectivity index (χ2n) is 7.30. The second kappa shape index (κ2) is 9.04. The summed E-state index contributed by atoms with van der Waals surface area (Å²) in [5.74, 6) is 0.756. The lowest BCUT2D eigenvalue weighted by atomic mass is 9.96. The molecule has 0 aromatic heterocycles. The highest BCUT2D eigenvalue weighted by Gasteiger charge is 2.32. The van der Waals surface area contributed by atoms with Gasteiger partial charge in [-0.25, -0.2) is 0 Å². The van der Waals surface area contributed by atoms with Crippen molar-refractivity contribution in [2.75, 3.05) is 13.1 Å². The molecule has 2 nitrogen and oxygen atoms in total. The molecule has 0 spiro atoms. The molecule has 2 heteroatoms. The summed E-state index contributed by atoms with van der Waals surface area (Å²) >= 11 is 0. The second-order valence-corrected chi connectivity index (χ2v) is 7.30. The van der Waals surface area contributed by atoms with Crippen LogP contribution in [0, 0.1) is 5.92 Å². The summed E-state index contributed by atoms with van der Waals surface area (Å²) in [6, 6.07) is 1.61. The van der Waals surface area contributed by atoms with Crippen LogP contribution in [0.25, 0.3) is 0 Å². The van der Waals surface area contributed by atoms with Crippen LogP contribution in [-0.2, 0) is 0 Å². The Morgan fingerprint density at radius 1 is 0.850 bits per heavy atom. The van der Waals surface area contributed by atoms with Crippen LogP contribution in [0.15, 0.2) is 0 Å². The Balaban J connectivity index is 1.85. The molecular formula is C18H36N2. The van der Waals surface area contributed by atoms with Crippen molar-refractivity contribution in [3.05, 3.63) is 0 Å². The minimum atomic E-state index is 0.756. The molecular weight excluding hydrogens is 244 g/mol. The third-order valence-corrected chi connectivity index (χ3v) is 5.59. The molecule has 0 amide bonds. The smallest absolute Gasteiger partial charge is 0.00982 e. The van der Waals surface area contributed by atoms with Gasteiger partial charge in [0.2, 0.25) is 0 Å². The molecule has 0 aromatic carbocycles. The van der Waals surface area contributed by atoms with Crippen LogP contribution in [0.5, 0.6) is 0 Å². The highest BCUT2D eigenvalue weighted by atomic mass is 15.2. The molecule has 1 aliphatic heterocycles. The van der Waals surface area contributed by atoms with Crippen LogP contribution in [0.2, 0.25) is 0 Å². The van der Waals surface area contributed by atoms with E-state index in [9.17, 15) is 0 Å². The van der Waals surface area contributed by atoms with Crippen LogP contribution >= 0.6 is 0 Å². The Kier molecular flexibility index (Phi) is 7.37. The third kappa shape index (κ3) is 5.04. The number of nitrogens with two attached hydrogens (primary N) is 1. The van der Waals surface area contributed by atoms with Crippen LogP contribution in [0.4, 0.5) is 0 Å². The molecule has 20 heavy (non-hydrogen) atoms. The standard InChI is InChI=1S/C18H36N2/c1-16-13-17(14-19)15-20(16)18-11-9-7-5-3-2-4-6-8-10-12-18/h16-18H,2-15,19H2,1H3. The molecule has 1 saturated carbocycles. The predicted octanol–water partition coefficient (Wildman–Crippen LogP) is 4.33. The summed E-state index contributed by atoms with van der Waals surface area (Å²) in [6.07, 6.45) is 17.4. The third-order valence-electron chi connectivity index (χ3n) is 5.59. The molecule has 0 radical (unpaired) electrons. The average molecular weight is 280 g/mol. The van der Waals surface area contributed by atoms with Crippen molar-refractivity contribution in [3.8, 4) is 0 Å². The summed E-state index contributed by atoms with van der Waals surface area (Å²) in [5, 5.41) is 0. The Labute approximate surface area is 126 Å². The molecule has 1 saturated heterocycles. The van der Waals surface area contributed by atoms with Gasteiger partial charge in [-0.1, -0.05) is 57.8 Å². The quantitative estimate of drug-likeness (QED) is 0.816. The minimum Gasteiger partial charge on any atom is -0.330 e. The van der Waals surface area contributed by atoms with E-state index in [2.05, 4.69) is 11.8 Å².